The Morgan fingerprint density at radius 2 is 2.03 bits per heavy atom. The van der Waals surface area contributed by atoms with Gasteiger partial charge in [0.15, 0.2) is 18.1 Å². The van der Waals surface area contributed by atoms with Gasteiger partial charge in [0.2, 0.25) is 0 Å². The third-order valence-electron chi connectivity index (χ3n) is 4.48. The lowest BCUT2D eigenvalue weighted by molar-refractivity contribution is -0.145. The molecule has 0 spiro atoms. The Labute approximate surface area is 198 Å². The average molecular weight is 469 g/mol. The number of esters is 1. The van der Waals surface area contributed by atoms with E-state index >= 15 is 0 Å². The first-order valence-electron chi connectivity index (χ1n) is 10.1. The summed E-state index contributed by atoms with van der Waals surface area (Å²) < 4.78 is 16.0. The van der Waals surface area contributed by atoms with Crippen molar-refractivity contribution in [2.75, 3.05) is 25.6 Å². The van der Waals surface area contributed by atoms with E-state index in [1.54, 1.807) is 43.3 Å². The third kappa shape index (κ3) is 7.13. The number of allylic oxidation sites excluding steroid dienone is 1. The summed E-state index contributed by atoms with van der Waals surface area (Å²) in [6.07, 6.45) is 3.51. The molecule has 8 heteroatoms. The van der Waals surface area contributed by atoms with E-state index < -0.39 is 11.9 Å². The highest BCUT2D eigenvalue weighted by Crippen LogP contribution is 2.34. The number of aryl methyl sites for hydroxylation is 1. The predicted octanol–water partition coefficient (Wildman–Crippen LogP) is 4.87. The molecule has 7 nitrogen and oxygen atoms in total. The van der Waals surface area contributed by atoms with Gasteiger partial charge < -0.3 is 19.5 Å². The summed E-state index contributed by atoms with van der Waals surface area (Å²) in [5.74, 6) is -0.384. The summed E-state index contributed by atoms with van der Waals surface area (Å²) in [5.41, 5.74) is 2.45. The van der Waals surface area contributed by atoms with Crippen LogP contribution in [0, 0.1) is 18.3 Å². The number of benzene rings is 2. The summed E-state index contributed by atoms with van der Waals surface area (Å²) in [7, 11) is 1.46. The topological polar surface area (TPSA) is 97.7 Å². The molecule has 1 N–H and O–H groups in total. The van der Waals surface area contributed by atoms with Crippen LogP contribution in [0.1, 0.15) is 23.6 Å². The molecule has 0 aliphatic rings. The minimum atomic E-state index is -0.579. The van der Waals surface area contributed by atoms with Gasteiger partial charge in [-0.15, -0.1) is 6.58 Å². The lowest BCUT2D eigenvalue weighted by Crippen LogP contribution is -2.16. The fourth-order valence-corrected chi connectivity index (χ4v) is 3.09. The van der Waals surface area contributed by atoms with E-state index in [9.17, 15) is 14.9 Å². The molecule has 0 saturated heterocycles. The van der Waals surface area contributed by atoms with Crippen molar-refractivity contribution in [3.05, 3.63) is 70.3 Å². The lowest BCUT2D eigenvalue weighted by Gasteiger charge is -2.15. The Kier molecular flexibility index (Phi) is 9.52. The molecular formula is C25H25ClN2O5. The Morgan fingerprint density at radius 1 is 1.27 bits per heavy atom. The van der Waals surface area contributed by atoms with Crippen molar-refractivity contribution in [1.29, 1.82) is 5.26 Å². The number of hydrogen-bond donors (Lipinski definition) is 1. The number of nitriles is 1. The highest BCUT2D eigenvalue weighted by molar-refractivity contribution is 6.31. The number of methoxy groups -OCH3 is 1. The molecule has 0 atom stereocenters. The Morgan fingerprint density at radius 3 is 2.64 bits per heavy atom. The molecule has 2 rings (SSSR count). The number of hydrogen-bond acceptors (Lipinski definition) is 6. The van der Waals surface area contributed by atoms with Crippen LogP contribution in [0.15, 0.2) is 48.6 Å². The van der Waals surface area contributed by atoms with Crippen molar-refractivity contribution < 1.29 is 23.8 Å². The normalized spacial score (nSPS) is 10.7. The first-order chi connectivity index (χ1) is 15.8. The van der Waals surface area contributed by atoms with Gasteiger partial charge in [-0.25, -0.2) is 4.79 Å². The summed E-state index contributed by atoms with van der Waals surface area (Å²) in [6, 6.07) is 10.4. The zero-order chi connectivity index (χ0) is 24.4. The van der Waals surface area contributed by atoms with Crippen LogP contribution in [0.3, 0.4) is 0 Å². The summed E-state index contributed by atoms with van der Waals surface area (Å²) >= 11 is 6.10. The van der Waals surface area contributed by atoms with E-state index in [1.807, 2.05) is 13.0 Å². The van der Waals surface area contributed by atoms with Crippen LogP contribution in [-0.4, -0.2) is 32.2 Å². The van der Waals surface area contributed by atoms with Crippen LogP contribution in [0.25, 0.3) is 6.08 Å². The van der Waals surface area contributed by atoms with E-state index in [0.29, 0.717) is 39.8 Å². The van der Waals surface area contributed by atoms with Crippen LogP contribution in [0.5, 0.6) is 11.5 Å². The Balaban J connectivity index is 2.36. The number of amides is 1. The number of carbonyl (C=O) groups is 2. The smallest absolute Gasteiger partial charge is 0.344 e. The number of halogens is 1. The van der Waals surface area contributed by atoms with Crippen molar-refractivity contribution in [1.82, 2.24) is 0 Å². The second kappa shape index (κ2) is 12.3. The Bertz CT molecular complexity index is 1120. The lowest BCUT2D eigenvalue weighted by atomic mass is 10.0. The molecule has 0 unspecified atom stereocenters. The van der Waals surface area contributed by atoms with Gasteiger partial charge in [-0.1, -0.05) is 23.7 Å². The molecule has 1 amide bonds. The number of nitrogens with one attached hydrogen (secondary N) is 1. The van der Waals surface area contributed by atoms with Gasteiger partial charge in [0, 0.05) is 16.3 Å². The molecule has 0 heterocycles. The fraction of sp³-hybridized carbons (Fsp3) is 0.240. The molecule has 0 fully saturated rings. The third-order valence-corrected chi connectivity index (χ3v) is 4.89. The highest BCUT2D eigenvalue weighted by atomic mass is 35.5. The number of anilines is 1. The van der Waals surface area contributed by atoms with Gasteiger partial charge >= 0.3 is 5.97 Å². The van der Waals surface area contributed by atoms with E-state index in [4.69, 9.17) is 25.8 Å². The van der Waals surface area contributed by atoms with E-state index in [-0.39, 0.29) is 18.8 Å². The van der Waals surface area contributed by atoms with E-state index in [2.05, 4.69) is 11.9 Å². The molecule has 0 aliphatic heterocycles. The van der Waals surface area contributed by atoms with Crippen LogP contribution < -0.4 is 14.8 Å². The minimum Gasteiger partial charge on any atom is -0.493 e. The van der Waals surface area contributed by atoms with Gasteiger partial charge in [0.05, 0.1) is 13.7 Å². The second-order valence-electron chi connectivity index (χ2n) is 6.89. The zero-order valence-corrected chi connectivity index (χ0v) is 19.5. The summed E-state index contributed by atoms with van der Waals surface area (Å²) in [5, 5.41) is 12.7. The number of carbonyl (C=O) groups excluding carboxylic acids is 2. The van der Waals surface area contributed by atoms with Gasteiger partial charge in [-0.3, -0.25) is 4.79 Å². The van der Waals surface area contributed by atoms with Crippen molar-refractivity contribution in [2.24, 2.45) is 0 Å². The largest absolute Gasteiger partial charge is 0.493 e. The van der Waals surface area contributed by atoms with Crippen LogP contribution >= 0.6 is 11.6 Å². The summed E-state index contributed by atoms with van der Waals surface area (Å²) in [6.45, 7) is 7.26. The molecule has 0 radical (unpaired) electrons. The van der Waals surface area contributed by atoms with Gasteiger partial charge in [-0.2, -0.15) is 5.26 Å². The van der Waals surface area contributed by atoms with Crippen molar-refractivity contribution in [2.45, 2.75) is 20.3 Å². The van der Waals surface area contributed by atoms with Crippen LogP contribution in [0.2, 0.25) is 5.02 Å². The zero-order valence-electron chi connectivity index (χ0n) is 18.7. The van der Waals surface area contributed by atoms with E-state index in [0.717, 1.165) is 5.56 Å². The second-order valence-corrected chi connectivity index (χ2v) is 7.29. The maximum absolute atomic E-state index is 12.6. The SMILES string of the molecule is C=CCc1cc(/C=C(/C#N)C(=O)Nc2ccc(C)c(Cl)c2)cc(OC)c1OCC(=O)OCC. The number of rotatable bonds is 10. The molecule has 2 aromatic rings. The Hall–Kier alpha value is -3.76. The molecular weight excluding hydrogens is 444 g/mol. The van der Waals surface area contributed by atoms with Crippen molar-refractivity contribution in [3.8, 4) is 17.6 Å². The maximum atomic E-state index is 12.6. The first kappa shape index (κ1) is 25.5. The molecule has 0 aromatic heterocycles. The first-order valence-corrected chi connectivity index (χ1v) is 10.5. The summed E-state index contributed by atoms with van der Waals surface area (Å²) in [4.78, 5) is 24.3. The molecule has 33 heavy (non-hydrogen) atoms. The molecule has 172 valence electrons. The van der Waals surface area contributed by atoms with Crippen LogP contribution in [-0.2, 0) is 20.7 Å². The van der Waals surface area contributed by atoms with Crippen LogP contribution in [0.4, 0.5) is 5.69 Å². The minimum absolute atomic E-state index is 0.113. The highest BCUT2D eigenvalue weighted by Gasteiger charge is 2.16. The average Bonchev–Trinajstić information content (AvgIpc) is 2.79. The number of nitrogens with zero attached hydrogens (tertiary/aromatic N) is 1. The molecule has 0 aliphatic carbocycles. The van der Waals surface area contributed by atoms with Gasteiger partial charge in [0.1, 0.15) is 11.6 Å². The predicted molar refractivity (Wildman–Crippen MR) is 127 cm³/mol. The maximum Gasteiger partial charge on any atom is 0.344 e. The number of ether oxygens (including phenoxy) is 3. The van der Waals surface area contributed by atoms with Gasteiger partial charge in [-0.05, 0) is 61.7 Å². The van der Waals surface area contributed by atoms with Crippen molar-refractivity contribution in [3.63, 3.8) is 0 Å². The fourth-order valence-electron chi connectivity index (χ4n) is 2.91. The quantitative estimate of drug-likeness (QED) is 0.231. The monoisotopic (exact) mass is 468 g/mol. The molecule has 0 saturated carbocycles. The molecule has 0 bridgehead atoms. The standard InChI is InChI=1S/C25H25ClN2O5/c1-5-7-18-10-17(12-22(31-4)24(18)33-15-23(29)32-6-2)11-19(14-27)25(30)28-20-9-8-16(3)21(26)13-20/h5,8-13H,1,6-7,15H2,2-4H3,(H,28,30)/b19-11-. The molecule has 2 aromatic carbocycles. The van der Waals surface area contributed by atoms with Crippen molar-refractivity contribution >= 4 is 35.2 Å². The van der Waals surface area contributed by atoms with E-state index in [1.165, 1.54) is 13.2 Å². The van der Waals surface area contributed by atoms with Gasteiger partial charge in [0.25, 0.3) is 5.91 Å².